The summed E-state index contributed by atoms with van der Waals surface area (Å²) < 4.78 is 0. The van der Waals surface area contributed by atoms with Crippen LogP contribution in [0.3, 0.4) is 0 Å². The highest BCUT2D eigenvalue weighted by atomic mass is 16.3. The zero-order valence-corrected chi connectivity index (χ0v) is 11.3. The van der Waals surface area contributed by atoms with Crippen molar-refractivity contribution in [2.75, 3.05) is 19.6 Å². The van der Waals surface area contributed by atoms with Crippen LogP contribution in [-0.4, -0.2) is 29.6 Å². The van der Waals surface area contributed by atoms with Gasteiger partial charge >= 0.3 is 0 Å². The van der Waals surface area contributed by atoms with E-state index in [1.165, 1.54) is 0 Å². The van der Waals surface area contributed by atoms with Gasteiger partial charge in [0.05, 0.1) is 6.10 Å². The smallest absolute Gasteiger partial charge is 0.0830 e. The summed E-state index contributed by atoms with van der Waals surface area (Å²) in [6.45, 7) is 9.57. The summed E-state index contributed by atoms with van der Waals surface area (Å²) in [5.74, 6) is 0.317. The minimum absolute atomic E-state index is 0.317. The van der Waals surface area contributed by atoms with Crippen LogP contribution in [0.4, 0.5) is 0 Å². The lowest BCUT2D eigenvalue weighted by Gasteiger charge is -2.28. The summed E-state index contributed by atoms with van der Waals surface area (Å²) in [5, 5.41) is 10.4. The summed E-state index contributed by atoms with van der Waals surface area (Å²) in [6, 6.07) is 9.98. The van der Waals surface area contributed by atoms with Gasteiger partial charge in [-0.2, -0.15) is 0 Å². The lowest BCUT2D eigenvalue weighted by Crippen LogP contribution is -2.31. The first-order valence-corrected chi connectivity index (χ1v) is 6.68. The number of aliphatic hydroxyl groups is 1. The van der Waals surface area contributed by atoms with Gasteiger partial charge in [-0.3, -0.25) is 0 Å². The highest BCUT2D eigenvalue weighted by Crippen LogP contribution is 2.25. The van der Waals surface area contributed by atoms with E-state index < -0.39 is 0 Å². The van der Waals surface area contributed by atoms with E-state index >= 15 is 0 Å². The molecular formula is C15H25NO. The number of hydrogen-bond acceptors (Lipinski definition) is 2. The van der Waals surface area contributed by atoms with Crippen molar-refractivity contribution in [3.63, 3.8) is 0 Å². The molecule has 0 aromatic heterocycles. The fourth-order valence-electron chi connectivity index (χ4n) is 2.19. The molecule has 1 aromatic carbocycles. The van der Waals surface area contributed by atoms with Gasteiger partial charge in [-0.15, -0.1) is 0 Å². The molecule has 0 saturated carbocycles. The SMILES string of the molecule is CC[C@H](CN(CC)CC)[C@H](O)c1ccccc1. The Balaban J connectivity index is 2.67. The van der Waals surface area contributed by atoms with Crippen LogP contribution in [-0.2, 0) is 0 Å². The predicted octanol–water partition coefficient (Wildman–Crippen LogP) is 3.09. The van der Waals surface area contributed by atoms with Crippen molar-refractivity contribution in [1.29, 1.82) is 0 Å². The van der Waals surface area contributed by atoms with E-state index in [2.05, 4.69) is 25.7 Å². The minimum Gasteiger partial charge on any atom is -0.388 e. The monoisotopic (exact) mass is 235 g/mol. The summed E-state index contributed by atoms with van der Waals surface area (Å²) in [6.07, 6.45) is 0.661. The fourth-order valence-corrected chi connectivity index (χ4v) is 2.19. The number of hydrogen-bond donors (Lipinski definition) is 1. The van der Waals surface area contributed by atoms with Gasteiger partial charge in [-0.1, -0.05) is 51.1 Å². The van der Waals surface area contributed by atoms with Crippen molar-refractivity contribution < 1.29 is 5.11 Å². The third-order valence-corrected chi connectivity index (χ3v) is 3.50. The van der Waals surface area contributed by atoms with Gasteiger partial charge in [0, 0.05) is 12.5 Å². The van der Waals surface area contributed by atoms with E-state index in [1.54, 1.807) is 0 Å². The average molecular weight is 235 g/mol. The molecule has 2 atom stereocenters. The van der Waals surface area contributed by atoms with Crippen molar-refractivity contribution in [2.24, 2.45) is 5.92 Å². The van der Waals surface area contributed by atoms with E-state index in [0.717, 1.165) is 31.6 Å². The number of rotatable bonds is 7. The zero-order valence-electron chi connectivity index (χ0n) is 11.3. The molecule has 0 radical (unpaired) electrons. The molecule has 0 bridgehead atoms. The third-order valence-electron chi connectivity index (χ3n) is 3.50. The molecule has 0 aliphatic rings. The van der Waals surface area contributed by atoms with E-state index in [1.807, 2.05) is 30.3 Å². The van der Waals surface area contributed by atoms with Gasteiger partial charge in [0.2, 0.25) is 0 Å². The molecule has 0 unspecified atom stereocenters. The Labute approximate surface area is 105 Å². The van der Waals surface area contributed by atoms with Gasteiger partial charge in [0.25, 0.3) is 0 Å². The topological polar surface area (TPSA) is 23.5 Å². The van der Waals surface area contributed by atoms with Crippen molar-refractivity contribution in [1.82, 2.24) is 4.90 Å². The lowest BCUT2D eigenvalue weighted by molar-refractivity contribution is 0.0790. The zero-order chi connectivity index (χ0) is 12.7. The maximum absolute atomic E-state index is 10.4. The molecule has 0 saturated heterocycles. The molecule has 96 valence electrons. The number of nitrogens with zero attached hydrogens (tertiary/aromatic N) is 1. The van der Waals surface area contributed by atoms with E-state index in [9.17, 15) is 5.11 Å². The Morgan fingerprint density at radius 3 is 2.12 bits per heavy atom. The van der Waals surface area contributed by atoms with Crippen molar-refractivity contribution >= 4 is 0 Å². The molecule has 0 spiro atoms. The first kappa shape index (κ1) is 14.2. The Morgan fingerprint density at radius 2 is 1.65 bits per heavy atom. The fraction of sp³-hybridized carbons (Fsp3) is 0.600. The molecule has 2 heteroatoms. The van der Waals surface area contributed by atoms with Crippen LogP contribution in [0, 0.1) is 5.92 Å². The molecule has 0 amide bonds. The maximum Gasteiger partial charge on any atom is 0.0830 e. The van der Waals surface area contributed by atoms with E-state index in [4.69, 9.17) is 0 Å². The Hall–Kier alpha value is -0.860. The molecule has 0 aliphatic carbocycles. The Bertz CT molecular complexity index is 295. The summed E-state index contributed by atoms with van der Waals surface area (Å²) in [4.78, 5) is 2.38. The molecule has 17 heavy (non-hydrogen) atoms. The summed E-state index contributed by atoms with van der Waals surface area (Å²) in [7, 11) is 0. The van der Waals surface area contributed by atoms with Gasteiger partial charge in [-0.25, -0.2) is 0 Å². The first-order valence-electron chi connectivity index (χ1n) is 6.68. The van der Waals surface area contributed by atoms with Gasteiger partial charge in [0.1, 0.15) is 0 Å². The highest BCUT2D eigenvalue weighted by Gasteiger charge is 2.20. The standard InChI is InChI=1S/C15H25NO/c1-4-13(12-16(5-2)6-3)15(17)14-10-8-7-9-11-14/h7-11,13,15,17H,4-6,12H2,1-3H3/t13-,15+/m1/s1. The van der Waals surface area contributed by atoms with Crippen molar-refractivity contribution in [3.05, 3.63) is 35.9 Å². The molecule has 0 fully saturated rings. The van der Waals surface area contributed by atoms with Crippen LogP contribution in [0.1, 0.15) is 38.9 Å². The van der Waals surface area contributed by atoms with Gasteiger partial charge < -0.3 is 10.0 Å². The summed E-state index contributed by atoms with van der Waals surface area (Å²) in [5.41, 5.74) is 1.03. The largest absolute Gasteiger partial charge is 0.388 e. The number of benzene rings is 1. The van der Waals surface area contributed by atoms with E-state index in [-0.39, 0.29) is 6.10 Å². The molecular weight excluding hydrogens is 210 g/mol. The van der Waals surface area contributed by atoms with Crippen LogP contribution >= 0.6 is 0 Å². The second-order valence-corrected chi connectivity index (χ2v) is 4.51. The average Bonchev–Trinajstić information content (AvgIpc) is 2.40. The maximum atomic E-state index is 10.4. The Morgan fingerprint density at radius 1 is 1.06 bits per heavy atom. The normalized spacial score (nSPS) is 14.9. The minimum atomic E-state index is -0.346. The third kappa shape index (κ3) is 4.14. The second-order valence-electron chi connectivity index (χ2n) is 4.51. The van der Waals surface area contributed by atoms with Gasteiger partial charge in [-0.05, 0) is 25.1 Å². The molecule has 1 N–H and O–H groups in total. The molecule has 1 aromatic rings. The molecule has 0 heterocycles. The van der Waals surface area contributed by atoms with Crippen molar-refractivity contribution in [3.8, 4) is 0 Å². The van der Waals surface area contributed by atoms with E-state index in [0.29, 0.717) is 5.92 Å². The van der Waals surface area contributed by atoms with Crippen LogP contribution in [0.5, 0.6) is 0 Å². The van der Waals surface area contributed by atoms with Crippen LogP contribution in [0.25, 0.3) is 0 Å². The lowest BCUT2D eigenvalue weighted by atomic mass is 9.93. The second kappa shape index (κ2) is 7.46. The quantitative estimate of drug-likeness (QED) is 0.785. The van der Waals surface area contributed by atoms with Crippen LogP contribution in [0.15, 0.2) is 30.3 Å². The molecule has 2 nitrogen and oxygen atoms in total. The number of aliphatic hydroxyl groups excluding tert-OH is 1. The summed E-state index contributed by atoms with van der Waals surface area (Å²) >= 11 is 0. The van der Waals surface area contributed by atoms with Crippen LogP contribution < -0.4 is 0 Å². The van der Waals surface area contributed by atoms with Gasteiger partial charge in [0.15, 0.2) is 0 Å². The predicted molar refractivity (Wildman–Crippen MR) is 73.0 cm³/mol. The Kier molecular flexibility index (Phi) is 6.23. The first-order chi connectivity index (χ1) is 8.22. The molecule has 1 rings (SSSR count). The molecule has 0 aliphatic heterocycles. The highest BCUT2D eigenvalue weighted by molar-refractivity contribution is 5.18. The van der Waals surface area contributed by atoms with Crippen LogP contribution in [0.2, 0.25) is 0 Å². The van der Waals surface area contributed by atoms with Crippen molar-refractivity contribution in [2.45, 2.75) is 33.3 Å².